The van der Waals surface area contributed by atoms with Gasteiger partial charge in [0.2, 0.25) is 5.91 Å². The Balaban J connectivity index is 1.87. The van der Waals surface area contributed by atoms with Crippen LogP contribution in [0.15, 0.2) is 28.0 Å². The molecule has 4 heterocycles. The van der Waals surface area contributed by atoms with Gasteiger partial charge in [-0.25, -0.2) is 4.98 Å². The number of amides is 2. The third kappa shape index (κ3) is 5.40. The Bertz CT molecular complexity index is 1350. The number of unbranched alkanes of at least 4 members (excludes halogenated alkanes) is 1. The molecule has 1 N–H and O–H groups in total. The zero-order valence-corrected chi connectivity index (χ0v) is 22.6. The first-order chi connectivity index (χ1) is 17.8. The van der Waals surface area contributed by atoms with Gasteiger partial charge < -0.3 is 15.0 Å². The van der Waals surface area contributed by atoms with Crippen LogP contribution in [0.4, 0.5) is 5.82 Å². The lowest BCUT2D eigenvalue weighted by atomic mass is 10.1. The van der Waals surface area contributed by atoms with Crippen molar-refractivity contribution in [1.82, 2.24) is 19.6 Å². The summed E-state index contributed by atoms with van der Waals surface area (Å²) in [5.74, 6) is -0.908. The van der Waals surface area contributed by atoms with Crippen LogP contribution in [0.3, 0.4) is 0 Å². The van der Waals surface area contributed by atoms with Crippen molar-refractivity contribution in [2.45, 2.75) is 46.1 Å². The number of nitrogens with zero attached hydrogens (tertiary/aromatic N) is 4. The average Bonchev–Trinajstić information content (AvgIpc) is 3.13. The Kier molecular flexibility index (Phi) is 8.28. The van der Waals surface area contributed by atoms with Crippen LogP contribution in [0.2, 0.25) is 0 Å². The summed E-state index contributed by atoms with van der Waals surface area (Å²) in [7, 11) is 0. The van der Waals surface area contributed by atoms with Crippen LogP contribution in [0.5, 0.6) is 0 Å². The number of ether oxygens (including phenoxy) is 1. The first kappa shape index (κ1) is 26.8. The van der Waals surface area contributed by atoms with Gasteiger partial charge in [-0.1, -0.05) is 43.4 Å². The van der Waals surface area contributed by atoms with E-state index in [1.807, 2.05) is 19.9 Å². The van der Waals surface area contributed by atoms with E-state index in [0.29, 0.717) is 34.5 Å². The Morgan fingerprint density at radius 2 is 2.11 bits per heavy atom. The quantitative estimate of drug-likeness (QED) is 0.304. The van der Waals surface area contributed by atoms with E-state index in [2.05, 4.69) is 5.32 Å². The van der Waals surface area contributed by atoms with Crippen LogP contribution in [0.25, 0.3) is 11.7 Å². The van der Waals surface area contributed by atoms with E-state index in [-0.39, 0.29) is 41.8 Å². The van der Waals surface area contributed by atoms with Crippen LogP contribution in [0.1, 0.15) is 44.2 Å². The molecule has 2 amide bonds. The molecule has 0 radical (unpaired) electrons. The molecule has 4 rings (SSSR count). The smallest absolute Gasteiger partial charge is 0.308 e. The molecule has 37 heavy (non-hydrogen) atoms. The summed E-state index contributed by atoms with van der Waals surface area (Å²) in [6.07, 6.45) is 4.65. The number of nitrogens with one attached hydrogen (secondary N) is 1. The predicted molar refractivity (Wildman–Crippen MR) is 146 cm³/mol. The van der Waals surface area contributed by atoms with Crippen molar-refractivity contribution in [1.29, 1.82) is 0 Å². The molecule has 0 saturated carbocycles. The van der Waals surface area contributed by atoms with Crippen LogP contribution in [-0.2, 0) is 19.1 Å². The fourth-order valence-corrected chi connectivity index (χ4v) is 5.63. The van der Waals surface area contributed by atoms with E-state index in [1.165, 1.54) is 10.5 Å². The molecule has 0 aromatic carbocycles. The fourth-order valence-electron chi connectivity index (χ4n) is 4.33. The van der Waals surface area contributed by atoms with Gasteiger partial charge in [-0.05, 0) is 38.0 Å². The van der Waals surface area contributed by atoms with E-state index in [1.54, 1.807) is 29.0 Å². The maximum atomic E-state index is 13.8. The Hall–Kier alpha value is -3.25. The van der Waals surface area contributed by atoms with Crippen molar-refractivity contribution in [2.24, 2.45) is 0 Å². The lowest BCUT2D eigenvalue weighted by Gasteiger charge is -2.36. The minimum absolute atomic E-state index is 0.155. The highest BCUT2D eigenvalue weighted by Gasteiger charge is 2.36. The summed E-state index contributed by atoms with van der Waals surface area (Å²) in [6, 6.07) is 2.66. The van der Waals surface area contributed by atoms with E-state index in [9.17, 15) is 19.2 Å². The number of pyridine rings is 1. The Labute approximate surface area is 224 Å². The van der Waals surface area contributed by atoms with Crippen LogP contribution in [-0.4, -0.2) is 68.7 Å². The number of aryl methyl sites for hydroxylation is 1. The zero-order chi connectivity index (χ0) is 26.7. The third-order valence-electron chi connectivity index (χ3n) is 6.22. The van der Waals surface area contributed by atoms with Gasteiger partial charge in [0.05, 0.1) is 23.5 Å². The fraction of sp³-hybridized carbons (Fsp3) is 0.440. The Morgan fingerprint density at radius 3 is 2.84 bits per heavy atom. The van der Waals surface area contributed by atoms with Crippen molar-refractivity contribution >= 4 is 63.6 Å². The average molecular weight is 544 g/mol. The third-order valence-corrected chi connectivity index (χ3v) is 7.59. The van der Waals surface area contributed by atoms with Crippen LogP contribution in [0, 0.1) is 6.92 Å². The maximum Gasteiger partial charge on any atom is 0.308 e. The molecule has 2 saturated heterocycles. The highest BCUT2D eigenvalue weighted by atomic mass is 32.2. The molecular weight excluding hydrogens is 514 g/mol. The molecule has 1 atom stereocenters. The summed E-state index contributed by atoms with van der Waals surface area (Å²) in [5, 5.41) is 2.78. The zero-order valence-electron chi connectivity index (χ0n) is 21.0. The van der Waals surface area contributed by atoms with Gasteiger partial charge in [0.15, 0.2) is 0 Å². The number of piperazine rings is 1. The maximum absolute atomic E-state index is 13.8. The monoisotopic (exact) mass is 543 g/mol. The van der Waals surface area contributed by atoms with Gasteiger partial charge in [0.1, 0.15) is 21.8 Å². The number of esters is 1. The SMILES string of the molecule is CCCCN1C(=O)C(=Cc2c(N3CCNC(=O)C3CC(=O)OCC)nc3c(C)cccn3c2=O)SC1=S. The molecule has 0 spiro atoms. The van der Waals surface area contributed by atoms with Crippen molar-refractivity contribution in [3.8, 4) is 0 Å². The molecule has 1 unspecified atom stereocenters. The molecule has 196 valence electrons. The number of fused-ring (bicyclic) bond motifs is 1. The number of carbonyl (C=O) groups excluding carboxylic acids is 3. The van der Waals surface area contributed by atoms with E-state index < -0.39 is 12.0 Å². The molecule has 2 aromatic heterocycles. The largest absolute Gasteiger partial charge is 0.466 e. The molecule has 0 bridgehead atoms. The second-order valence-corrected chi connectivity index (χ2v) is 10.4. The number of rotatable bonds is 8. The van der Waals surface area contributed by atoms with Gasteiger partial charge in [-0.15, -0.1) is 0 Å². The Morgan fingerprint density at radius 1 is 1.32 bits per heavy atom. The summed E-state index contributed by atoms with van der Waals surface area (Å²) in [5.41, 5.74) is 0.962. The van der Waals surface area contributed by atoms with E-state index in [0.717, 1.165) is 30.2 Å². The molecule has 2 aliphatic rings. The standard InChI is InChI=1S/C25H29N5O5S2/c1-4-6-10-30-24(34)18(37-25(30)36)13-16-21(27-20-15(3)8-7-11-29(20)23(16)33)28-12-9-26-22(32)17(28)14-19(31)35-5-2/h7-8,11,13,17H,4-6,9-10,12,14H2,1-3H3,(H,26,32). The summed E-state index contributed by atoms with van der Waals surface area (Å²) in [4.78, 5) is 60.5. The first-order valence-corrected chi connectivity index (χ1v) is 13.5. The van der Waals surface area contributed by atoms with E-state index >= 15 is 0 Å². The van der Waals surface area contributed by atoms with Crippen molar-refractivity contribution < 1.29 is 19.1 Å². The molecule has 2 aromatic rings. The lowest BCUT2D eigenvalue weighted by Crippen LogP contribution is -2.57. The number of carbonyl (C=O) groups is 3. The lowest BCUT2D eigenvalue weighted by molar-refractivity contribution is -0.145. The van der Waals surface area contributed by atoms with Crippen molar-refractivity contribution in [3.63, 3.8) is 0 Å². The van der Waals surface area contributed by atoms with Gasteiger partial charge in [-0.3, -0.25) is 28.5 Å². The normalized spacial score (nSPS) is 19.2. The number of thioether (sulfide) groups is 1. The second-order valence-electron chi connectivity index (χ2n) is 8.74. The minimum atomic E-state index is -0.919. The molecular formula is C25H29N5O5S2. The number of thiocarbonyl (C=S) groups is 1. The topological polar surface area (TPSA) is 113 Å². The highest BCUT2D eigenvalue weighted by Crippen LogP contribution is 2.34. The predicted octanol–water partition coefficient (Wildman–Crippen LogP) is 2.26. The molecule has 10 nitrogen and oxygen atoms in total. The number of aromatic nitrogens is 2. The highest BCUT2D eigenvalue weighted by molar-refractivity contribution is 8.26. The number of hydrogen-bond donors (Lipinski definition) is 1. The molecule has 2 aliphatic heterocycles. The van der Waals surface area contributed by atoms with E-state index in [4.69, 9.17) is 21.9 Å². The first-order valence-electron chi connectivity index (χ1n) is 12.2. The number of anilines is 1. The molecule has 2 fully saturated rings. The van der Waals surface area contributed by atoms with Crippen LogP contribution >= 0.6 is 24.0 Å². The summed E-state index contributed by atoms with van der Waals surface area (Å²) < 4.78 is 6.95. The van der Waals surface area contributed by atoms with Gasteiger partial charge in [-0.2, -0.15) is 0 Å². The molecule has 12 heteroatoms. The second kappa shape index (κ2) is 11.4. The van der Waals surface area contributed by atoms with Crippen molar-refractivity contribution in [2.75, 3.05) is 31.1 Å². The van der Waals surface area contributed by atoms with Crippen LogP contribution < -0.4 is 15.8 Å². The minimum Gasteiger partial charge on any atom is -0.466 e. The van der Waals surface area contributed by atoms with Gasteiger partial charge in [0.25, 0.3) is 11.5 Å². The van der Waals surface area contributed by atoms with Gasteiger partial charge >= 0.3 is 5.97 Å². The summed E-state index contributed by atoms with van der Waals surface area (Å²) in [6.45, 7) is 6.89. The van der Waals surface area contributed by atoms with Gasteiger partial charge in [0, 0.05) is 25.8 Å². The number of hydrogen-bond acceptors (Lipinski definition) is 9. The molecule has 0 aliphatic carbocycles. The summed E-state index contributed by atoms with van der Waals surface area (Å²) >= 11 is 6.57. The van der Waals surface area contributed by atoms with Crippen molar-refractivity contribution in [3.05, 3.63) is 44.7 Å².